The van der Waals surface area contributed by atoms with Gasteiger partial charge in [0.05, 0.1) is 0 Å². The molecular formula is C5H10N2S. The minimum absolute atomic E-state index is 0.975. The molecule has 46 valence electrons. The lowest BCUT2D eigenvalue weighted by molar-refractivity contribution is 0.598. The first-order valence-electron chi connectivity index (χ1n) is 2.78. The molecule has 1 heterocycles. The second-order valence-corrected chi connectivity index (χ2v) is 2.39. The van der Waals surface area contributed by atoms with E-state index in [2.05, 4.69) is 17.8 Å². The molecule has 0 aromatic carbocycles. The molecule has 0 aromatic heterocycles. The molecule has 0 unspecified atom stereocenters. The van der Waals surface area contributed by atoms with Crippen LogP contribution in [-0.4, -0.2) is 23.2 Å². The van der Waals surface area contributed by atoms with E-state index in [4.69, 9.17) is 0 Å². The van der Waals surface area contributed by atoms with Crippen molar-refractivity contribution >= 4 is 18.7 Å². The minimum atomic E-state index is 0.975. The van der Waals surface area contributed by atoms with Crippen LogP contribution in [-0.2, 0) is 0 Å². The standard InChI is InChI=1S/C5H10N2S/c1-5-6-3-2-4-7(5)8/h8H,2-4H2,1H3. The lowest BCUT2D eigenvalue weighted by Gasteiger charge is -2.20. The van der Waals surface area contributed by atoms with Gasteiger partial charge in [-0.05, 0) is 13.3 Å². The average Bonchev–Trinajstić information content (AvgIpc) is 1.77. The molecule has 0 spiro atoms. The number of thiol groups is 1. The Balaban J connectivity index is 2.53. The van der Waals surface area contributed by atoms with Gasteiger partial charge in [-0.2, -0.15) is 0 Å². The van der Waals surface area contributed by atoms with Gasteiger partial charge >= 0.3 is 0 Å². The van der Waals surface area contributed by atoms with Crippen LogP contribution in [0.3, 0.4) is 0 Å². The third-order valence-electron chi connectivity index (χ3n) is 1.24. The number of hydrogen-bond donors (Lipinski definition) is 1. The first-order chi connectivity index (χ1) is 3.80. The minimum Gasteiger partial charge on any atom is -0.307 e. The number of rotatable bonds is 0. The van der Waals surface area contributed by atoms with Crippen molar-refractivity contribution < 1.29 is 0 Å². The summed E-state index contributed by atoms with van der Waals surface area (Å²) in [6, 6.07) is 0. The predicted molar refractivity (Wildman–Crippen MR) is 38.3 cm³/mol. The maximum absolute atomic E-state index is 4.18. The van der Waals surface area contributed by atoms with Crippen molar-refractivity contribution in [2.24, 2.45) is 4.99 Å². The van der Waals surface area contributed by atoms with E-state index in [0.717, 1.165) is 25.3 Å². The lowest BCUT2D eigenvalue weighted by Crippen LogP contribution is -2.24. The molecule has 0 saturated heterocycles. The largest absolute Gasteiger partial charge is 0.307 e. The molecule has 2 nitrogen and oxygen atoms in total. The Morgan fingerprint density at radius 3 is 2.88 bits per heavy atom. The molecule has 0 atom stereocenters. The third-order valence-corrected chi connectivity index (χ3v) is 1.73. The van der Waals surface area contributed by atoms with Crippen LogP contribution in [0.5, 0.6) is 0 Å². The fraction of sp³-hybridized carbons (Fsp3) is 0.800. The fourth-order valence-corrected chi connectivity index (χ4v) is 0.909. The van der Waals surface area contributed by atoms with Crippen LogP contribution in [0.2, 0.25) is 0 Å². The summed E-state index contributed by atoms with van der Waals surface area (Å²) in [5.41, 5.74) is 0. The maximum atomic E-state index is 4.18. The van der Waals surface area contributed by atoms with E-state index in [1.54, 1.807) is 0 Å². The summed E-state index contributed by atoms with van der Waals surface area (Å²) in [7, 11) is 0. The number of hydrogen-bond acceptors (Lipinski definition) is 3. The van der Waals surface area contributed by atoms with Crippen molar-refractivity contribution in [1.82, 2.24) is 4.31 Å². The summed E-state index contributed by atoms with van der Waals surface area (Å²) in [6.45, 7) is 3.99. The molecule has 0 aromatic rings. The van der Waals surface area contributed by atoms with Crippen LogP contribution >= 0.6 is 12.8 Å². The summed E-state index contributed by atoms with van der Waals surface area (Å²) in [4.78, 5) is 4.18. The summed E-state index contributed by atoms with van der Waals surface area (Å²) >= 11 is 4.16. The van der Waals surface area contributed by atoms with Crippen molar-refractivity contribution in [3.63, 3.8) is 0 Å². The van der Waals surface area contributed by atoms with Gasteiger partial charge in [0.25, 0.3) is 0 Å². The number of nitrogens with zero attached hydrogens (tertiary/aromatic N) is 2. The predicted octanol–water partition coefficient (Wildman–Crippen LogP) is 0.955. The van der Waals surface area contributed by atoms with Gasteiger partial charge in [-0.3, -0.25) is 4.99 Å². The molecule has 0 radical (unpaired) electrons. The van der Waals surface area contributed by atoms with Crippen LogP contribution in [0, 0.1) is 0 Å². The Hall–Kier alpha value is -0.180. The average molecular weight is 130 g/mol. The Labute approximate surface area is 55.1 Å². The Kier molecular flexibility index (Phi) is 1.78. The summed E-state index contributed by atoms with van der Waals surface area (Å²) in [5, 5.41) is 0. The van der Waals surface area contributed by atoms with Crippen LogP contribution < -0.4 is 0 Å². The van der Waals surface area contributed by atoms with E-state index in [9.17, 15) is 0 Å². The van der Waals surface area contributed by atoms with Gasteiger partial charge in [-0.25, -0.2) is 0 Å². The van der Waals surface area contributed by atoms with Crippen molar-refractivity contribution in [1.29, 1.82) is 0 Å². The maximum Gasteiger partial charge on any atom is 0.105 e. The molecule has 0 amide bonds. The first-order valence-corrected chi connectivity index (χ1v) is 3.18. The monoisotopic (exact) mass is 130 g/mol. The van der Waals surface area contributed by atoms with E-state index in [0.29, 0.717) is 0 Å². The van der Waals surface area contributed by atoms with Crippen molar-refractivity contribution in [3.8, 4) is 0 Å². The van der Waals surface area contributed by atoms with Crippen LogP contribution in [0.15, 0.2) is 4.99 Å². The lowest BCUT2D eigenvalue weighted by atomic mass is 10.4. The van der Waals surface area contributed by atoms with Gasteiger partial charge < -0.3 is 4.31 Å². The molecular weight excluding hydrogens is 120 g/mol. The molecule has 8 heavy (non-hydrogen) atoms. The van der Waals surface area contributed by atoms with Crippen molar-refractivity contribution in [3.05, 3.63) is 0 Å². The van der Waals surface area contributed by atoms with E-state index < -0.39 is 0 Å². The molecule has 0 bridgehead atoms. The van der Waals surface area contributed by atoms with Crippen molar-refractivity contribution in [2.75, 3.05) is 13.1 Å². The van der Waals surface area contributed by atoms with Crippen LogP contribution in [0.1, 0.15) is 13.3 Å². The fourth-order valence-electron chi connectivity index (χ4n) is 0.705. The molecule has 1 rings (SSSR count). The Morgan fingerprint density at radius 1 is 1.75 bits per heavy atom. The van der Waals surface area contributed by atoms with Gasteiger partial charge in [0.1, 0.15) is 5.84 Å². The first kappa shape index (κ1) is 5.95. The topological polar surface area (TPSA) is 15.6 Å². The molecule has 0 saturated carbocycles. The van der Waals surface area contributed by atoms with Crippen LogP contribution in [0.25, 0.3) is 0 Å². The van der Waals surface area contributed by atoms with Gasteiger partial charge in [0.2, 0.25) is 0 Å². The molecule has 3 heteroatoms. The Morgan fingerprint density at radius 2 is 2.50 bits per heavy atom. The van der Waals surface area contributed by atoms with E-state index in [1.165, 1.54) is 0 Å². The quantitative estimate of drug-likeness (QED) is 0.483. The normalized spacial score (nSPS) is 20.8. The smallest absolute Gasteiger partial charge is 0.105 e. The highest BCUT2D eigenvalue weighted by Gasteiger charge is 2.04. The third kappa shape index (κ3) is 1.15. The zero-order chi connectivity index (χ0) is 5.98. The molecule has 1 aliphatic rings. The summed E-state index contributed by atoms with van der Waals surface area (Å²) in [6.07, 6.45) is 1.14. The van der Waals surface area contributed by atoms with Crippen molar-refractivity contribution in [2.45, 2.75) is 13.3 Å². The zero-order valence-corrected chi connectivity index (χ0v) is 5.86. The van der Waals surface area contributed by atoms with E-state index in [-0.39, 0.29) is 0 Å². The highest BCUT2D eigenvalue weighted by molar-refractivity contribution is 7.78. The van der Waals surface area contributed by atoms with Gasteiger partial charge in [-0.1, -0.05) is 12.8 Å². The zero-order valence-electron chi connectivity index (χ0n) is 4.96. The summed E-state index contributed by atoms with van der Waals surface area (Å²) in [5.74, 6) is 1.04. The molecule has 0 N–H and O–H groups in total. The summed E-state index contributed by atoms with van der Waals surface area (Å²) < 4.78 is 1.88. The van der Waals surface area contributed by atoms with E-state index in [1.807, 2.05) is 11.2 Å². The highest BCUT2D eigenvalue weighted by atomic mass is 32.1. The van der Waals surface area contributed by atoms with E-state index >= 15 is 0 Å². The number of aliphatic imine (C=N–C) groups is 1. The van der Waals surface area contributed by atoms with Gasteiger partial charge in [-0.15, -0.1) is 0 Å². The van der Waals surface area contributed by atoms with Gasteiger partial charge in [0, 0.05) is 13.1 Å². The SMILES string of the molecule is CC1=NCCCN1S. The molecule has 0 fully saturated rings. The molecule has 0 aliphatic carbocycles. The Bertz CT molecular complexity index is 111. The second kappa shape index (κ2) is 2.40. The van der Waals surface area contributed by atoms with Gasteiger partial charge in [0.15, 0.2) is 0 Å². The second-order valence-electron chi connectivity index (χ2n) is 1.91. The van der Waals surface area contributed by atoms with Crippen LogP contribution in [0.4, 0.5) is 0 Å². The highest BCUT2D eigenvalue weighted by Crippen LogP contribution is 2.03. The molecule has 1 aliphatic heterocycles. The number of amidine groups is 1.